The van der Waals surface area contributed by atoms with Crippen LogP contribution in [0.1, 0.15) is 35.9 Å². The third-order valence-corrected chi connectivity index (χ3v) is 3.74. The molecule has 2 amide bonds. The minimum absolute atomic E-state index is 0.185. The van der Waals surface area contributed by atoms with Crippen molar-refractivity contribution in [3.05, 3.63) is 41.5 Å². The van der Waals surface area contributed by atoms with E-state index in [1.807, 2.05) is 30.3 Å². The van der Waals surface area contributed by atoms with Gasteiger partial charge in [-0.05, 0) is 24.3 Å². The van der Waals surface area contributed by atoms with Gasteiger partial charge in [-0.15, -0.1) is 0 Å². The summed E-state index contributed by atoms with van der Waals surface area (Å²) in [6.07, 6.45) is 2.12. The van der Waals surface area contributed by atoms with Crippen LogP contribution < -0.4 is 16.4 Å². The number of nitrogens with one attached hydrogen (secondary N) is 3. The normalized spacial score (nSPS) is 15.3. The predicted octanol–water partition coefficient (Wildman–Crippen LogP) is 1.72. The molecule has 0 saturated heterocycles. The van der Waals surface area contributed by atoms with Gasteiger partial charge in [0.2, 0.25) is 0 Å². The lowest BCUT2D eigenvalue weighted by molar-refractivity contribution is 0.225. The van der Waals surface area contributed by atoms with Crippen molar-refractivity contribution in [3.63, 3.8) is 0 Å². The van der Waals surface area contributed by atoms with Crippen LogP contribution in [-0.2, 0) is 0 Å². The molecule has 7 nitrogen and oxygen atoms in total. The number of nitrogen functional groups attached to an aromatic ring is 1. The van der Waals surface area contributed by atoms with Crippen LogP contribution in [0.3, 0.4) is 0 Å². The molecule has 22 heavy (non-hydrogen) atoms. The van der Waals surface area contributed by atoms with Crippen molar-refractivity contribution in [1.29, 1.82) is 0 Å². The van der Waals surface area contributed by atoms with Crippen LogP contribution in [-0.4, -0.2) is 27.9 Å². The molecule has 1 aliphatic rings. The number of aromatic nitrogens is 2. The Morgan fingerprint density at radius 3 is 2.77 bits per heavy atom. The number of aliphatic hydroxyl groups excluding tert-OH is 1. The monoisotopic (exact) mass is 301 g/mol. The quantitative estimate of drug-likeness (QED) is 0.578. The van der Waals surface area contributed by atoms with Crippen molar-refractivity contribution >= 4 is 17.7 Å². The second-order valence-corrected chi connectivity index (χ2v) is 5.42. The molecule has 1 heterocycles. The first-order valence-corrected chi connectivity index (χ1v) is 7.26. The number of urea groups is 1. The highest BCUT2D eigenvalue weighted by Gasteiger charge is 2.31. The number of rotatable bonds is 5. The first kappa shape index (κ1) is 14.4. The Labute approximate surface area is 127 Å². The molecule has 1 aromatic heterocycles. The van der Waals surface area contributed by atoms with Crippen molar-refractivity contribution in [2.75, 3.05) is 17.7 Å². The molecule has 1 saturated carbocycles. The van der Waals surface area contributed by atoms with Gasteiger partial charge >= 0.3 is 6.03 Å². The molecule has 7 heteroatoms. The number of amides is 2. The molecule has 0 spiro atoms. The summed E-state index contributed by atoms with van der Waals surface area (Å²) in [5, 5.41) is 21.6. The van der Waals surface area contributed by atoms with Crippen molar-refractivity contribution in [2.24, 2.45) is 0 Å². The van der Waals surface area contributed by atoms with Crippen molar-refractivity contribution < 1.29 is 9.90 Å². The Kier molecular flexibility index (Phi) is 3.97. The zero-order valence-electron chi connectivity index (χ0n) is 12.0. The lowest BCUT2D eigenvalue weighted by Crippen LogP contribution is -2.34. The maximum absolute atomic E-state index is 12.1. The summed E-state index contributed by atoms with van der Waals surface area (Å²) in [7, 11) is 0. The number of nitrogens with two attached hydrogens (primary N) is 1. The first-order valence-electron chi connectivity index (χ1n) is 7.26. The van der Waals surface area contributed by atoms with Gasteiger partial charge < -0.3 is 16.2 Å². The summed E-state index contributed by atoms with van der Waals surface area (Å²) in [5.41, 5.74) is 7.55. The first-order chi connectivity index (χ1) is 10.7. The molecule has 1 aromatic carbocycles. The van der Waals surface area contributed by atoms with E-state index in [1.54, 1.807) is 0 Å². The van der Waals surface area contributed by atoms with E-state index in [4.69, 9.17) is 5.73 Å². The number of benzene rings is 1. The largest absolute Gasteiger partial charge is 0.394 e. The smallest absolute Gasteiger partial charge is 0.321 e. The van der Waals surface area contributed by atoms with Crippen molar-refractivity contribution in [2.45, 2.75) is 24.8 Å². The fourth-order valence-electron chi connectivity index (χ4n) is 2.47. The van der Waals surface area contributed by atoms with Crippen LogP contribution in [0, 0.1) is 0 Å². The highest BCUT2D eigenvalue weighted by Crippen LogP contribution is 2.45. The molecule has 0 unspecified atom stereocenters. The summed E-state index contributed by atoms with van der Waals surface area (Å²) in [4.78, 5) is 12.1. The molecule has 1 atom stereocenters. The average molecular weight is 301 g/mol. The molecule has 0 aliphatic heterocycles. The fraction of sp³-hybridized carbons (Fsp3) is 0.333. The van der Waals surface area contributed by atoms with Gasteiger partial charge in [-0.3, -0.25) is 10.4 Å². The summed E-state index contributed by atoms with van der Waals surface area (Å²) < 4.78 is 0. The van der Waals surface area contributed by atoms with Crippen LogP contribution in [0.25, 0.3) is 0 Å². The van der Waals surface area contributed by atoms with E-state index >= 15 is 0 Å². The molecule has 6 N–H and O–H groups in total. The zero-order valence-corrected chi connectivity index (χ0v) is 12.0. The number of nitrogens with zero attached hydrogens (tertiary/aromatic N) is 1. The van der Waals surface area contributed by atoms with Crippen LogP contribution in [0.15, 0.2) is 30.3 Å². The van der Waals surface area contributed by atoms with Crippen molar-refractivity contribution in [3.8, 4) is 0 Å². The number of anilines is 2. The molecular weight excluding hydrogens is 282 g/mol. The highest BCUT2D eigenvalue weighted by molar-refractivity contribution is 5.90. The molecule has 0 bridgehead atoms. The molecular formula is C15H19N5O2. The van der Waals surface area contributed by atoms with E-state index in [9.17, 15) is 9.90 Å². The average Bonchev–Trinajstić information content (AvgIpc) is 3.30. The second kappa shape index (κ2) is 6.07. The van der Waals surface area contributed by atoms with Gasteiger partial charge in [-0.1, -0.05) is 30.3 Å². The lowest BCUT2D eigenvalue weighted by Gasteiger charge is -2.17. The third kappa shape index (κ3) is 3.04. The number of aliphatic hydroxyl groups is 1. The molecule has 2 aromatic rings. The predicted molar refractivity (Wildman–Crippen MR) is 83.4 cm³/mol. The number of carbonyl (C=O) groups is 1. The Hall–Kier alpha value is -2.54. The Bertz CT molecular complexity index is 651. The minimum Gasteiger partial charge on any atom is -0.394 e. The van der Waals surface area contributed by atoms with E-state index in [0.717, 1.165) is 24.0 Å². The minimum atomic E-state index is -0.470. The standard InChI is InChI=1S/C15H19N5O2/c16-13-12(10-6-7-10)14(20-19-13)18-15(22)17-11(8-21)9-4-2-1-3-5-9/h1-5,10-11,21H,6-8H2,(H5,16,17,18,19,20,22)/t11-/m1/s1. The van der Waals surface area contributed by atoms with E-state index in [0.29, 0.717) is 17.6 Å². The van der Waals surface area contributed by atoms with Crippen LogP contribution in [0.5, 0.6) is 0 Å². The van der Waals surface area contributed by atoms with Crippen molar-refractivity contribution in [1.82, 2.24) is 15.5 Å². The van der Waals surface area contributed by atoms with Gasteiger partial charge in [0.25, 0.3) is 0 Å². The number of hydrogen-bond acceptors (Lipinski definition) is 4. The molecule has 0 radical (unpaired) electrons. The second-order valence-electron chi connectivity index (χ2n) is 5.42. The van der Waals surface area contributed by atoms with Gasteiger partial charge in [-0.25, -0.2) is 4.79 Å². The van der Waals surface area contributed by atoms with Crippen LogP contribution >= 0.6 is 0 Å². The van der Waals surface area contributed by atoms with Gasteiger partial charge in [-0.2, -0.15) is 5.10 Å². The SMILES string of the molecule is Nc1[nH]nc(NC(=O)N[C@H](CO)c2ccccc2)c1C1CC1. The van der Waals surface area contributed by atoms with E-state index < -0.39 is 12.1 Å². The topological polar surface area (TPSA) is 116 Å². The fourth-order valence-corrected chi connectivity index (χ4v) is 2.47. The molecule has 116 valence electrons. The highest BCUT2D eigenvalue weighted by atomic mass is 16.3. The summed E-state index contributed by atoms with van der Waals surface area (Å²) >= 11 is 0. The summed E-state index contributed by atoms with van der Waals surface area (Å²) in [6.45, 7) is -0.185. The lowest BCUT2D eigenvalue weighted by atomic mass is 10.1. The van der Waals surface area contributed by atoms with E-state index in [2.05, 4.69) is 20.8 Å². The summed E-state index contributed by atoms with van der Waals surface area (Å²) in [6, 6.07) is 8.41. The zero-order chi connectivity index (χ0) is 15.5. The van der Waals surface area contributed by atoms with Crippen LogP contribution in [0.2, 0.25) is 0 Å². The van der Waals surface area contributed by atoms with E-state index in [-0.39, 0.29) is 6.61 Å². The number of H-pyrrole nitrogens is 1. The maximum atomic E-state index is 12.1. The molecule has 1 aliphatic carbocycles. The molecule has 1 fully saturated rings. The molecule has 3 rings (SSSR count). The van der Waals surface area contributed by atoms with E-state index in [1.165, 1.54) is 0 Å². The maximum Gasteiger partial charge on any atom is 0.321 e. The van der Waals surface area contributed by atoms with Gasteiger partial charge in [0.05, 0.1) is 12.6 Å². The van der Waals surface area contributed by atoms with Gasteiger partial charge in [0.1, 0.15) is 5.82 Å². The summed E-state index contributed by atoms with van der Waals surface area (Å²) in [5.74, 6) is 1.33. The van der Waals surface area contributed by atoms with Gasteiger partial charge in [0.15, 0.2) is 5.82 Å². The third-order valence-electron chi connectivity index (χ3n) is 3.74. The van der Waals surface area contributed by atoms with Crippen LogP contribution in [0.4, 0.5) is 16.4 Å². The Balaban J connectivity index is 1.67. The number of aromatic amines is 1. The Morgan fingerprint density at radius 2 is 2.14 bits per heavy atom. The number of carbonyl (C=O) groups excluding carboxylic acids is 1. The number of hydrogen-bond donors (Lipinski definition) is 5. The Morgan fingerprint density at radius 1 is 1.41 bits per heavy atom. The van der Waals surface area contributed by atoms with Gasteiger partial charge in [0, 0.05) is 5.56 Å².